The van der Waals surface area contributed by atoms with Crippen molar-refractivity contribution in [2.75, 3.05) is 0 Å². The van der Waals surface area contributed by atoms with Gasteiger partial charge in [0.15, 0.2) is 10.6 Å². The van der Waals surface area contributed by atoms with E-state index < -0.39 is 0 Å². The zero-order chi connectivity index (χ0) is 14.4. The van der Waals surface area contributed by atoms with Crippen molar-refractivity contribution in [3.8, 4) is 17.2 Å². The summed E-state index contributed by atoms with van der Waals surface area (Å²) >= 11 is 5.35. The number of hydrogen-bond donors (Lipinski definition) is 1. The molecule has 0 saturated carbocycles. The van der Waals surface area contributed by atoms with Crippen LogP contribution in [0.3, 0.4) is 0 Å². The lowest BCUT2D eigenvalue weighted by molar-refractivity contribution is 0.755. The summed E-state index contributed by atoms with van der Waals surface area (Å²) in [5, 5.41) is 15.9. The molecule has 0 radical (unpaired) electrons. The van der Waals surface area contributed by atoms with E-state index in [4.69, 9.17) is 12.2 Å². The molecule has 20 heavy (non-hydrogen) atoms. The minimum Gasteiger partial charge on any atom is -0.273 e. The molecule has 0 spiro atoms. The Kier molecular flexibility index (Phi) is 2.82. The maximum atomic E-state index is 5.35. The summed E-state index contributed by atoms with van der Waals surface area (Å²) in [6, 6.07) is 1.98. The molecule has 0 aliphatic rings. The number of nitrogens with zero attached hydrogens (tertiary/aromatic N) is 6. The molecule has 0 aromatic carbocycles. The first-order valence-electron chi connectivity index (χ1n) is 6.16. The van der Waals surface area contributed by atoms with Crippen LogP contribution in [-0.4, -0.2) is 34.3 Å². The average molecular weight is 289 g/mol. The maximum Gasteiger partial charge on any atom is 0.200 e. The first-order chi connectivity index (χ1) is 9.47. The third-order valence-corrected chi connectivity index (χ3v) is 3.41. The Morgan fingerprint density at radius 2 is 1.95 bits per heavy atom. The second-order valence-electron chi connectivity index (χ2n) is 4.76. The predicted molar refractivity (Wildman–Crippen MR) is 77.2 cm³/mol. The molecule has 0 aliphatic carbocycles. The van der Waals surface area contributed by atoms with E-state index in [9.17, 15) is 0 Å². The van der Waals surface area contributed by atoms with Crippen LogP contribution in [-0.2, 0) is 14.1 Å². The van der Waals surface area contributed by atoms with Gasteiger partial charge in [0.2, 0.25) is 0 Å². The molecule has 0 saturated heterocycles. The van der Waals surface area contributed by atoms with Crippen LogP contribution in [0.15, 0.2) is 12.3 Å². The number of rotatable bonds is 2. The lowest BCUT2D eigenvalue weighted by Gasteiger charge is -2.05. The molecule has 0 amide bonds. The second-order valence-corrected chi connectivity index (χ2v) is 5.14. The molecule has 3 aromatic heterocycles. The average Bonchev–Trinajstić information content (AvgIpc) is 2.98. The summed E-state index contributed by atoms with van der Waals surface area (Å²) in [4.78, 5) is 0. The molecule has 1 N–H and O–H groups in total. The van der Waals surface area contributed by atoms with E-state index in [1.807, 2.05) is 44.8 Å². The van der Waals surface area contributed by atoms with Crippen molar-refractivity contribution < 1.29 is 0 Å². The summed E-state index contributed by atoms with van der Waals surface area (Å²) in [6.45, 7) is 3.90. The number of aromatic amines is 1. The highest BCUT2D eigenvalue weighted by Gasteiger charge is 2.17. The fourth-order valence-corrected chi connectivity index (χ4v) is 2.55. The third kappa shape index (κ3) is 1.88. The van der Waals surface area contributed by atoms with Crippen LogP contribution in [0.2, 0.25) is 0 Å². The molecule has 3 rings (SSSR count). The topological polar surface area (TPSA) is 69.2 Å². The fourth-order valence-electron chi connectivity index (χ4n) is 2.32. The van der Waals surface area contributed by atoms with Gasteiger partial charge in [0, 0.05) is 20.3 Å². The van der Waals surface area contributed by atoms with Crippen LogP contribution in [0.25, 0.3) is 17.2 Å². The highest BCUT2D eigenvalue weighted by Crippen LogP contribution is 2.23. The van der Waals surface area contributed by atoms with Crippen LogP contribution >= 0.6 is 12.2 Å². The van der Waals surface area contributed by atoms with Crippen molar-refractivity contribution in [3.05, 3.63) is 28.4 Å². The Morgan fingerprint density at radius 3 is 2.50 bits per heavy atom. The van der Waals surface area contributed by atoms with E-state index in [1.165, 1.54) is 0 Å². The Morgan fingerprint density at radius 1 is 1.20 bits per heavy atom. The fraction of sp³-hybridized carbons (Fsp3) is 0.333. The van der Waals surface area contributed by atoms with Gasteiger partial charge in [0.05, 0.1) is 17.1 Å². The minimum absolute atomic E-state index is 0.537. The first kappa shape index (κ1) is 12.8. The number of aryl methyl sites for hydroxylation is 4. The summed E-state index contributed by atoms with van der Waals surface area (Å²) in [7, 11) is 3.77. The van der Waals surface area contributed by atoms with Crippen LogP contribution in [0, 0.1) is 18.6 Å². The highest BCUT2D eigenvalue weighted by atomic mass is 32.1. The minimum atomic E-state index is 0.537. The van der Waals surface area contributed by atoms with Gasteiger partial charge in [-0.3, -0.25) is 19.0 Å². The predicted octanol–water partition coefficient (Wildman–Crippen LogP) is 1.68. The van der Waals surface area contributed by atoms with Gasteiger partial charge in [-0.05, 0) is 32.1 Å². The zero-order valence-electron chi connectivity index (χ0n) is 11.7. The van der Waals surface area contributed by atoms with Crippen LogP contribution in [0.5, 0.6) is 0 Å². The van der Waals surface area contributed by atoms with E-state index in [0.717, 1.165) is 28.6 Å². The molecule has 0 aliphatic heterocycles. The maximum absolute atomic E-state index is 5.35. The van der Waals surface area contributed by atoms with Gasteiger partial charge in [-0.25, -0.2) is 0 Å². The number of aromatic nitrogens is 7. The Balaban J connectivity index is 2.28. The van der Waals surface area contributed by atoms with E-state index in [2.05, 4.69) is 20.4 Å². The van der Waals surface area contributed by atoms with Gasteiger partial charge < -0.3 is 0 Å². The summed E-state index contributed by atoms with van der Waals surface area (Å²) < 4.78 is 5.98. The van der Waals surface area contributed by atoms with Crippen molar-refractivity contribution >= 4 is 12.2 Å². The van der Waals surface area contributed by atoms with Crippen LogP contribution in [0.1, 0.15) is 11.4 Å². The quantitative estimate of drug-likeness (QED) is 0.729. The van der Waals surface area contributed by atoms with Gasteiger partial charge in [-0.1, -0.05) is 0 Å². The van der Waals surface area contributed by atoms with Crippen molar-refractivity contribution in [2.45, 2.75) is 13.8 Å². The normalized spacial score (nSPS) is 11.2. The lowest BCUT2D eigenvalue weighted by atomic mass is 10.3. The van der Waals surface area contributed by atoms with Crippen LogP contribution in [0.4, 0.5) is 0 Å². The number of hydrogen-bond acceptors (Lipinski definition) is 4. The van der Waals surface area contributed by atoms with Crippen molar-refractivity contribution in [1.82, 2.24) is 34.3 Å². The van der Waals surface area contributed by atoms with E-state index in [1.54, 1.807) is 9.36 Å². The summed E-state index contributed by atoms with van der Waals surface area (Å²) in [6.07, 6.45) is 1.92. The Labute approximate surface area is 120 Å². The molecule has 3 heterocycles. The van der Waals surface area contributed by atoms with Gasteiger partial charge in [-0.2, -0.15) is 15.3 Å². The molecule has 0 fully saturated rings. The van der Waals surface area contributed by atoms with Crippen molar-refractivity contribution in [1.29, 1.82) is 0 Å². The molecule has 7 nitrogen and oxygen atoms in total. The second kappa shape index (κ2) is 4.41. The standard InChI is InChI=1S/C12H15N7S/c1-7-5-9(18(4)15-7)11-13-14-12(20)19(11)10-6-17(3)16-8(10)2/h5-6H,1-4H3,(H,14,20). The van der Waals surface area contributed by atoms with E-state index in [0.29, 0.717) is 4.77 Å². The molecule has 8 heteroatoms. The highest BCUT2D eigenvalue weighted by molar-refractivity contribution is 7.71. The SMILES string of the molecule is Cc1cc(-c2n[nH]c(=S)n2-c2cn(C)nc2C)n(C)n1. The molecular weight excluding hydrogens is 274 g/mol. The van der Waals surface area contributed by atoms with Gasteiger partial charge in [-0.15, -0.1) is 0 Å². The summed E-state index contributed by atoms with van der Waals surface area (Å²) in [5.74, 6) is 0.731. The molecule has 104 valence electrons. The van der Waals surface area contributed by atoms with Crippen molar-refractivity contribution in [3.63, 3.8) is 0 Å². The molecule has 3 aromatic rings. The monoisotopic (exact) mass is 289 g/mol. The molecular formula is C12H15N7S. The molecule has 0 unspecified atom stereocenters. The number of nitrogens with one attached hydrogen (secondary N) is 1. The largest absolute Gasteiger partial charge is 0.273 e. The van der Waals surface area contributed by atoms with Gasteiger partial charge >= 0.3 is 0 Å². The van der Waals surface area contributed by atoms with Gasteiger partial charge in [0.1, 0.15) is 5.69 Å². The third-order valence-electron chi connectivity index (χ3n) is 3.13. The molecule has 0 atom stereocenters. The van der Waals surface area contributed by atoms with Gasteiger partial charge in [0.25, 0.3) is 0 Å². The van der Waals surface area contributed by atoms with E-state index >= 15 is 0 Å². The Bertz CT molecular complexity index is 832. The Hall–Kier alpha value is -2.22. The number of H-pyrrole nitrogens is 1. The lowest BCUT2D eigenvalue weighted by Crippen LogP contribution is -2.02. The smallest absolute Gasteiger partial charge is 0.200 e. The van der Waals surface area contributed by atoms with Crippen molar-refractivity contribution in [2.24, 2.45) is 14.1 Å². The van der Waals surface area contributed by atoms with Crippen LogP contribution < -0.4 is 0 Å². The van der Waals surface area contributed by atoms with E-state index in [-0.39, 0.29) is 0 Å². The first-order valence-corrected chi connectivity index (χ1v) is 6.57. The summed E-state index contributed by atoms with van der Waals surface area (Å²) in [5.41, 5.74) is 3.65. The molecule has 0 bridgehead atoms. The zero-order valence-corrected chi connectivity index (χ0v) is 12.6.